The van der Waals surface area contributed by atoms with Crippen molar-refractivity contribution in [3.05, 3.63) is 58.6 Å². The number of anilines is 1. The lowest BCUT2D eigenvalue weighted by atomic mass is 10.0. The van der Waals surface area contributed by atoms with Gasteiger partial charge >= 0.3 is 0 Å². The predicted molar refractivity (Wildman–Crippen MR) is 128 cm³/mol. The van der Waals surface area contributed by atoms with Crippen molar-refractivity contribution >= 4 is 37.5 Å². The van der Waals surface area contributed by atoms with Crippen molar-refractivity contribution in [1.29, 1.82) is 0 Å². The van der Waals surface area contributed by atoms with Gasteiger partial charge < -0.3 is 4.90 Å². The third-order valence-electron chi connectivity index (χ3n) is 5.37. The Morgan fingerprint density at radius 2 is 1.75 bits per heavy atom. The zero-order valence-electron chi connectivity index (χ0n) is 18.4. The van der Waals surface area contributed by atoms with Crippen LogP contribution in [0.5, 0.6) is 0 Å². The first-order chi connectivity index (χ1) is 15.0. The largest absolute Gasteiger partial charge is 0.378 e. The monoisotopic (exact) mass is 500 g/mol. The highest BCUT2D eigenvalue weighted by molar-refractivity contribution is 7.89. The van der Waals surface area contributed by atoms with Crippen LogP contribution in [0.3, 0.4) is 0 Å². The number of nitrogens with zero attached hydrogens (tertiary/aromatic N) is 2. The molecule has 2 aromatic carbocycles. The molecule has 32 heavy (non-hydrogen) atoms. The normalized spacial score (nSPS) is 15.9. The van der Waals surface area contributed by atoms with Gasteiger partial charge in [-0.05, 0) is 67.3 Å². The number of benzene rings is 2. The minimum Gasteiger partial charge on any atom is -0.378 e. The lowest BCUT2D eigenvalue weighted by molar-refractivity contribution is 0.378. The van der Waals surface area contributed by atoms with E-state index >= 15 is 0 Å². The van der Waals surface area contributed by atoms with E-state index in [1.807, 2.05) is 31.1 Å². The third kappa shape index (κ3) is 6.21. The second-order valence-electron chi connectivity index (χ2n) is 8.10. The molecule has 1 heterocycles. The maximum absolute atomic E-state index is 12.8. The predicted octanol–water partition coefficient (Wildman–Crippen LogP) is 2.36. The van der Waals surface area contributed by atoms with Crippen LogP contribution in [-0.2, 0) is 33.2 Å². The maximum atomic E-state index is 12.8. The van der Waals surface area contributed by atoms with Gasteiger partial charge in [-0.2, -0.15) is 17.4 Å². The van der Waals surface area contributed by atoms with Crippen LogP contribution in [0.4, 0.5) is 5.69 Å². The molecule has 0 saturated heterocycles. The smallest absolute Gasteiger partial charge is 0.280 e. The minimum atomic E-state index is -3.70. The molecule has 1 atom stereocenters. The molecule has 0 saturated carbocycles. The molecule has 0 bridgehead atoms. The fourth-order valence-electron chi connectivity index (χ4n) is 3.51. The average molecular weight is 501 g/mol. The first-order valence-corrected chi connectivity index (χ1v) is 13.6. The van der Waals surface area contributed by atoms with Crippen LogP contribution in [0.25, 0.3) is 0 Å². The van der Waals surface area contributed by atoms with Gasteiger partial charge in [-0.15, -0.1) is 0 Å². The molecule has 0 spiro atoms. The van der Waals surface area contributed by atoms with Crippen molar-refractivity contribution in [2.24, 2.45) is 0 Å². The maximum Gasteiger partial charge on any atom is 0.280 e. The highest BCUT2D eigenvalue weighted by Crippen LogP contribution is 2.24. The number of hydrogen-bond donors (Lipinski definition) is 2. The standard InChI is InChI=1S/C21H29ClN4O4S2/c1-16(10-12-23-31(27,28)21-8-6-20(7-9-21)25(2)3)24-32(29,30)26-13-11-17-14-19(22)5-4-18(17)15-26/h4-9,14,16,23-24H,10-13,15H2,1-3H3/t16-/m0/s1. The van der Waals surface area contributed by atoms with Gasteiger partial charge in [-0.25, -0.2) is 13.1 Å². The first-order valence-electron chi connectivity index (χ1n) is 10.3. The van der Waals surface area contributed by atoms with Crippen molar-refractivity contribution in [3.8, 4) is 0 Å². The molecule has 0 fully saturated rings. The Kier molecular flexibility index (Phi) is 7.85. The van der Waals surface area contributed by atoms with Crippen molar-refractivity contribution in [1.82, 2.24) is 13.7 Å². The molecule has 2 N–H and O–H groups in total. The Labute approximate surface area is 195 Å². The second kappa shape index (κ2) is 10.1. The molecule has 0 aromatic heterocycles. The van der Waals surface area contributed by atoms with Gasteiger partial charge in [0.15, 0.2) is 0 Å². The van der Waals surface area contributed by atoms with E-state index in [0.717, 1.165) is 16.8 Å². The topological polar surface area (TPSA) is 98.8 Å². The second-order valence-corrected chi connectivity index (χ2v) is 12.0. The summed E-state index contributed by atoms with van der Waals surface area (Å²) >= 11 is 6.02. The molecule has 11 heteroatoms. The van der Waals surface area contributed by atoms with Crippen LogP contribution in [0.2, 0.25) is 5.02 Å². The van der Waals surface area contributed by atoms with Gasteiger partial charge in [-0.1, -0.05) is 17.7 Å². The summed E-state index contributed by atoms with van der Waals surface area (Å²) in [7, 11) is -3.61. The molecular weight excluding hydrogens is 472 g/mol. The molecule has 1 aliphatic rings. The fourth-order valence-corrected chi connectivity index (χ4v) is 6.16. The SMILES string of the molecule is C[C@@H](CCNS(=O)(=O)c1ccc(N(C)C)cc1)NS(=O)(=O)N1CCc2cc(Cl)ccc2C1. The zero-order chi connectivity index (χ0) is 23.5. The lowest BCUT2D eigenvalue weighted by Crippen LogP contribution is -2.47. The fraction of sp³-hybridized carbons (Fsp3) is 0.429. The third-order valence-corrected chi connectivity index (χ3v) is 8.77. The van der Waals surface area contributed by atoms with Gasteiger partial charge in [0.25, 0.3) is 10.2 Å². The number of rotatable bonds is 9. The van der Waals surface area contributed by atoms with Crippen LogP contribution >= 0.6 is 11.6 Å². The summed E-state index contributed by atoms with van der Waals surface area (Å²) in [5.41, 5.74) is 2.90. The Morgan fingerprint density at radius 1 is 1.06 bits per heavy atom. The summed E-state index contributed by atoms with van der Waals surface area (Å²) in [5, 5.41) is 0.642. The number of nitrogens with one attached hydrogen (secondary N) is 2. The molecule has 0 amide bonds. The van der Waals surface area contributed by atoms with Gasteiger partial charge in [0.05, 0.1) is 4.90 Å². The summed E-state index contributed by atoms with van der Waals surface area (Å²) in [4.78, 5) is 2.05. The Balaban J connectivity index is 1.52. The van der Waals surface area contributed by atoms with E-state index in [4.69, 9.17) is 11.6 Å². The van der Waals surface area contributed by atoms with E-state index in [2.05, 4.69) is 9.44 Å². The van der Waals surface area contributed by atoms with Crippen molar-refractivity contribution in [2.45, 2.75) is 37.2 Å². The Hall–Kier alpha value is -1.69. The van der Waals surface area contributed by atoms with Gasteiger partial charge in [-0.3, -0.25) is 0 Å². The van der Waals surface area contributed by atoms with E-state index in [1.165, 1.54) is 4.31 Å². The first kappa shape index (κ1) is 24.9. The molecule has 3 rings (SSSR count). The average Bonchev–Trinajstić information content (AvgIpc) is 2.72. The summed E-state index contributed by atoms with van der Waals surface area (Å²) in [5.74, 6) is 0. The van der Waals surface area contributed by atoms with E-state index in [1.54, 1.807) is 37.3 Å². The molecule has 2 aromatic rings. The Bertz CT molecular complexity index is 1150. The minimum absolute atomic E-state index is 0.114. The summed E-state index contributed by atoms with van der Waals surface area (Å²) in [6.45, 7) is 2.48. The van der Waals surface area contributed by atoms with Crippen molar-refractivity contribution in [3.63, 3.8) is 0 Å². The molecular formula is C21H29ClN4O4S2. The highest BCUT2D eigenvalue weighted by Gasteiger charge is 2.28. The lowest BCUT2D eigenvalue weighted by Gasteiger charge is -2.29. The highest BCUT2D eigenvalue weighted by atomic mass is 35.5. The molecule has 8 nitrogen and oxygen atoms in total. The molecule has 1 aliphatic heterocycles. The van der Waals surface area contributed by atoms with Crippen LogP contribution in [0.1, 0.15) is 24.5 Å². The Morgan fingerprint density at radius 3 is 2.41 bits per heavy atom. The van der Waals surface area contributed by atoms with E-state index < -0.39 is 26.3 Å². The summed E-state index contributed by atoms with van der Waals surface area (Å²) in [6, 6.07) is 11.6. The molecule has 0 aliphatic carbocycles. The van der Waals surface area contributed by atoms with E-state index in [-0.39, 0.29) is 18.0 Å². The van der Waals surface area contributed by atoms with Crippen LogP contribution in [0.15, 0.2) is 47.4 Å². The zero-order valence-corrected chi connectivity index (χ0v) is 20.8. The van der Waals surface area contributed by atoms with Crippen LogP contribution in [-0.4, -0.2) is 54.4 Å². The van der Waals surface area contributed by atoms with Gasteiger partial charge in [0, 0.05) is 50.5 Å². The molecule has 0 unspecified atom stereocenters. The van der Waals surface area contributed by atoms with Gasteiger partial charge in [0.2, 0.25) is 10.0 Å². The summed E-state index contributed by atoms with van der Waals surface area (Å²) in [6.07, 6.45) is 0.909. The number of sulfonamides is 1. The van der Waals surface area contributed by atoms with Crippen molar-refractivity contribution in [2.75, 3.05) is 32.1 Å². The number of fused-ring (bicyclic) bond motifs is 1. The van der Waals surface area contributed by atoms with Crippen molar-refractivity contribution < 1.29 is 16.8 Å². The number of hydrogen-bond acceptors (Lipinski definition) is 5. The summed E-state index contributed by atoms with van der Waals surface area (Å²) < 4.78 is 57.1. The number of halogens is 1. The molecule has 0 radical (unpaired) electrons. The molecule has 176 valence electrons. The van der Waals surface area contributed by atoms with Crippen LogP contribution < -0.4 is 14.3 Å². The van der Waals surface area contributed by atoms with E-state index in [9.17, 15) is 16.8 Å². The van der Waals surface area contributed by atoms with Gasteiger partial charge in [0.1, 0.15) is 0 Å². The quantitative estimate of drug-likeness (QED) is 0.550. The van der Waals surface area contributed by atoms with E-state index in [0.29, 0.717) is 24.4 Å². The van der Waals surface area contributed by atoms with Crippen LogP contribution in [0, 0.1) is 0 Å².